The van der Waals surface area contributed by atoms with Crippen LogP contribution in [0, 0.1) is 0 Å². The van der Waals surface area contributed by atoms with Crippen molar-refractivity contribution in [3.63, 3.8) is 0 Å². The fourth-order valence-corrected chi connectivity index (χ4v) is 5.18. The van der Waals surface area contributed by atoms with Crippen LogP contribution < -0.4 is 10.6 Å². The Hall–Kier alpha value is -1.59. The van der Waals surface area contributed by atoms with Crippen molar-refractivity contribution in [3.8, 4) is 0 Å². The quantitative estimate of drug-likeness (QED) is 0.914. The van der Waals surface area contributed by atoms with E-state index in [0.717, 1.165) is 31.7 Å². The summed E-state index contributed by atoms with van der Waals surface area (Å²) in [6.07, 6.45) is 6.08. The van der Waals surface area contributed by atoms with Crippen molar-refractivity contribution in [2.75, 3.05) is 38.6 Å². The molecule has 25 heavy (non-hydrogen) atoms. The second kappa shape index (κ2) is 6.29. The highest BCUT2D eigenvalue weighted by Gasteiger charge is 2.45. The first-order valence-corrected chi connectivity index (χ1v) is 9.59. The topological polar surface area (TPSA) is 52.8 Å². The number of hydrogen-bond donors (Lipinski definition) is 1. The van der Waals surface area contributed by atoms with E-state index < -0.39 is 0 Å². The van der Waals surface area contributed by atoms with Crippen LogP contribution in [0.15, 0.2) is 24.3 Å². The fraction of sp³-hybridized carbons (Fsp3) is 0.650. The minimum atomic E-state index is 0.120. The second-order valence-electron chi connectivity index (χ2n) is 8.38. The van der Waals surface area contributed by atoms with Crippen molar-refractivity contribution in [2.24, 2.45) is 5.73 Å². The Kier molecular flexibility index (Phi) is 4.24. The van der Waals surface area contributed by atoms with Crippen molar-refractivity contribution in [2.45, 2.75) is 49.6 Å². The van der Waals surface area contributed by atoms with Gasteiger partial charge in [0.1, 0.15) is 0 Å². The molecule has 2 heterocycles. The third-order valence-electron chi connectivity index (χ3n) is 6.42. The Morgan fingerprint density at radius 3 is 2.48 bits per heavy atom. The Morgan fingerprint density at radius 1 is 1.20 bits per heavy atom. The minimum absolute atomic E-state index is 0.120. The van der Waals surface area contributed by atoms with E-state index in [-0.39, 0.29) is 23.5 Å². The predicted octanol–water partition coefficient (Wildman–Crippen LogP) is 2.40. The van der Waals surface area contributed by atoms with Gasteiger partial charge in [0.25, 0.3) is 0 Å². The number of benzene rings is 1. The molecule has 2 N–H and O–H groups in total. The van der Waals surface area contributed by atoms with Gasteiger partial charge in [0.15, 0.2) is 0 Å². The van der Waals surface area contributed by atoms with Crippen molar-refractivity contribution < 1.29 is 4.79 Å². The predicted molar refractivity (Wildman–Crippen MR) is 101 cm³/mol. The van der Waals surface area contributed by atoms with Crippen LogP contribution in [0.1, 0.15) is 37.7 Å². The first-order valence-electron chi connectivity index (χ1n) is 9.59. The largest absolute Gasteiger partial charge is 0.326 e. The molecule has 2 aliphatic heterocycles. The molecule has 136 valence electrons. The average molecular weight is 342 g/mol. The summed E-state index contributed by atoms with van der Waals surface area (Å²) in [4.78, 5) is 18.8. The number of hydrogen-bond acceptors (Lipinski definition) is 3. The standard InChI is InChI=1S/C20H30N4O/c1-22(2)14-20(10-3-4-11-20)15-5-7-16(8-6-15)24-13-18-17(21)9-12-23(18)19(24)25/h5-8,17-18H,3-4,9-14,21H2,1-2H3/t17-,18-/m1/s1. The van der Waals surface area contributed by atoms with E-state index >= 15 is 0 Å². The molecule has 0 bridgehead atoms. The Bertz CT molecular complexity index is 636. The van der Waals surface area contributed by atoms with Crippen LogP contribution in [0.2, 0.25) is 0 Å². The van der Waals surface area contributed by atoms with Gasteiger partial charge in [-0.3, -0.25) is 4.90 Å². The van der Waals surface area contributed by atoms with E-state index in [1.807, 2.05) is 9.80 Å². The number of nitrogens with two attached hydrogens (primary N) is 1. The van der Waals surface area contributed by atoms with Crippen molar-refractivity contribution in [3.05, 3.63) is 29.8 Å². The van der Waals surface area contributed by atoms with Crippen molar-refractivity contribution in [1.29, 1.82) is 0 Å². The normalized spacial score (nSPS) is 28.2. The lowest BCUT2D eigenvalue weighted by atomic mass is 9.78. The number of anilines is 1. The van der Waals surface area contributed by atoms with E-state index in [0.29, 0.717) is 0 Å². The van der Waals surface area contributed by atoms with Crippen LogP contribution in [0.5, 0.6) is 0 Å². The van der Waals surface area contributed by atoms with E-state index in [1.165, 1.54) is 31.2 Å². The molecular weight excluding hydrogens is 312 g/mol. The van der Waals surface area contributed by atoms with Crippen molar-refractivity contribution >= 4 is 11.7 Å². The number of fused-ring (bicyclic) bond motifs is 1. The molecule has 5 heteroatoms. The summed E-state index contributed by atoms with van der Waals surface area (Å²) in [7, 11) is 4.32. The third kappa shape index (κ3) is 2.83. The van der Waals surface area contributed by atoms with E-state index in [2.05, 4.69) is 43.3 Å². The molecule has 3 aliphatic rings. The van der Waals surface area contributed by atoms with Gasteiger partial charge in [-0.25, -0.2) is 4.79 Å². The molecule has 0 spiro atoms. The summed E-state index contributed by atoms with van der Waals surface area (Å²) in [6, 6.07) is 9.20. The first kappa shape index (κ1) is 16.9. The number of amides is 2. The Balaban J connectivity index is 1.55. The molecule has 2 atom stereocenters. The van der Waals surface area contributed by atoms with Gasteiger partial charge in [0.2, 0.25) is 0 Å². The first-order chi connectivity index (χ1) is 12.0. The molecular formula is C20H30N4O. The van der Waals surface area contributed by atoms with Crippen LogP contribution >= 0.6 is 0 Å². The van der Waals surface area contributed by atoms with Gasteiger partial charge >= 0.3 is 6.03 Å². The maximum absolute atomic E-state index is 12.7. The average Bonchev–Trinajstić information content (AvgIpc) is 3.27. The minimum Gasteiger partial charge on any atom is -0.326 e. The number of rotatable bonds is 4. The van der Waals surface area contributed by atoms with Gasteiger partial charge in [0, 0.05) is 36.8 Å². The summed E-state index contributed by atoms with van der Waals surface area (Å²) >= 11 is 0. The number of urea groups is 1. The molecule has 1 aromatic carbocycles. The van der Waals surface area contributed by atoms with Gasteiger partial charge in [-0.2, -0.15) is 0 Å². The molecule has 3 fully saturated rings. The lowest BCUT2D eigenvalue weighted by Crippen LogP contribution is -2.37. The number of likely N-dealkylation sites (N-methyl/N-ethyl adjacent to an activating group) is 1. The molecule has 1 aromatic rings. The second-order valence-corrected chi connectivity index (χ2v) is 8.38. The van der Waals surface area contributed by atoms with E-state index in [1.54, 1.807) is 0 Å². The zero-order chi connectivity index (χ0) is 17.6. The van der Waals surface area contributed by atoms with Gasteiger partial charge in [-0.15, -0.1) is 0 Å². The van der Waals surface area contributed by atoms with Crippen LogP contribution in [0.3, 0.4) is 0 Å². The van der Waals surface area contributed by atoms with Crippen LogP contribution in [-0.2, 0) is 5.41 Å². The summed E-state index contributed by atoms with van der Waals surface area (Å²) in [5.41, 5.74) is 8.88. The highest BCUT2D eigenvalue weighted by atomic mass is 16.2. The molecule has 4 rings (SSSR count). The zero-order valence-electron chi connectivity index (χ0n) is 15.4. The summed E-state index contributed by atoms with van der Waals surface area (Å²) in [5, 5.41) is 0. The lowest BCUT2D eigenvalue weighted by molar-refractivity contribution is 0.218. The number of carbonyl (C=O) groups is 1. The Morgan fingerprint density at radius 2 is 1.88 bits per heavy atom. The summed E-state index contributed by atoms with van der Waals surface area (Å²) < 4.78 is 0. The van der Waals surface area contributed by atoms with Gasteiger partial charge < -0.3 is 15.5 Å². The van der Waals surface area contributed by atoms with Gasteiger partial charge in [-0.05, 0) is 51.1 Å². The molecule has 1 aliphatic carbocycles. The maximum Gasteiger partial charge on any atom is 0.324 e. The monoisotopic (exact) mass is 342 g/mol. The highest BCUT2D eigenvalue weighted by Crippen LogP contribution is 2.42. The highest BCUT2D eigenvalue weighted by molar-refractivity contribution is 5.95. The van der Waals surface area contributed by atoms with Gasteiger partial charge in [-0.1, -0.05) is 25.0 Å². The SMILES string of the molecule is CN(C)CC1(c2ccc(N3C[C@@H]4[C@H](N)CCN4C3=O)cc2)CCCC1. The molecule has 0 unspecified atom stereocenters. The van der Waals surface area contributed by atoms with E-state index in [4.69, 9.17) is 5.73 Å². The van der Waals surface area contributed by atoms with Gasteiger partial charge in [0.05, 0.1) is 6.04 Å². The van der Waals surface area contributed by atoms with Crippen LogP contribution in [0.25, 0.3) is 0 Å². The molecule has 0 aromatic heterocycles. The summed E-state index contributed by atoms with van der Waals surface area (Å²) in [6.45, 7) is 2.62. The van der Waals surface area contributed by atoms with Crippen molar-refractivity contribution in [1.82, 2.24) is 9.80 Å². The zero-order valence-corrected chi connectivity index (χ0v) is 15.4. The molecule has 1 saturated carbocycles. The molecule has 2 saturated heterocycles. The molecule has 2 amide bonds. The summed E-state index contributed by atoms with van der Waals surface area (Å²) in [5.74, 6) is 0. The molecule has 5 nitrogen and oxygen atoms in total. The Labute approximate surface area is 150 Å². The fourth-order valence-electron chi connectivity index (χ4n) is 5.18. The molecule has 0 radical (unpaired) electrons. The third-order valence-corrected chi connectivity index (χ3v) is 6.42. The number of nitrogens with zero attached hydrogens (tertiary/aromatic N) is 3. The van der Waals surface area contributed by atoms with E-state index in [9.17, 15) is 4.79 Å². The maximum atomic E-state index is 12.7. The lowest BCUT2D eigenvalue weighted by Gasteiger charge is -2.33. The van der Waals surface area contributed by atoms with Crippen LogP contribution in [-0.4, -0.2) is 61.6 Å². The number of carbonyl (C=O) groups excluding carboxylic acids is 1. The van der Waals surface area contributed by atoms with Crippen LogP contribution in [0.4, 0.5) is 10.5 Å². The smallest absolute Gasteiger partial charge is 0.324 e.